The number of thioether (sulfide) groups is 1. The van der Waals surface area contributed by atoms with Gasteiger partial charge in [0.2, 0.25) is 5.91 Å². The third kappa shape index (κ3) is 10.1. The maximum absolute atomic E-state index is 14.2. The van der Waals surface area contributed by atoms with Crippen LogP contribution in [0.5, 0.6) is 5.75 Å². The van der Waals surface area contributed by atoms with Crippen molar-refractivity contribution in [1.82, 2.24) is 5.32 Å². The molecule has 58 heavy (non-hydrogen) atoms. The number of hydrogen-bond acceptors (Lipinski definition) is 8. The molecular weight excluding hydrogens is 767 g/mol. The number of nitrogens with one attached hydrogen (secondary N) is 3. The Morgan fingerprint density at radius 1 is 0.776 bits per heavy atom. The summed E-state index contributed by atoms with van der Waals surface area (Å²) in [6.07, 6.45) is 5.25. The van der Waals surface area contributed by atoms with Gasteiger partial charge in [-0.1, -0.05) is 97.1 Å². The van der Waals surface area contributed by atoms with E-state index >= 15 is 0 Å². The molecule has 0 saturated carbocycles. The summed E-state index contributed by atoms with van der Waals surface area (Å²) in [5, 5.41) is 8.60. The molecule has 1 atom stereocenters. The lowest BCUT2D eigenvalue weighted by molar-refractivity contribution is -0.116. The molecule has 5 aromatic carbocycles. The zero-order chi connectivity index (χ0) is 40.3. The first-order valence-electron chi connectivity index (χ1n) is 18.9. The van der Waals surface area contributed by atoms with Crippen LogP contribution < -0.4 is 20.7 Å². The summed E-state index contributed by atoms with van der Waals surface area (Å²) in [5.74, 6) is -1.06. The Hall–Kier alpha value is -6.43. The number of hydrogen-bond donors (Lipinski definition) is 3. The van der Waals surface area contributed by atoms with E-state index in [1.165, 1.54) is 30.2 Å². The first kappa shape index (κ1) is 39.8. The van der Waals surface area contributed by atoms with E-state index in [9.17, 15) is 19.2 Å². The number of rotatable bonds is 14. The molecule has 1 unspecified atom stereocenters. The van der Waals surface area contributed by atoms with Gasteiger partial charge in [-0.3, -0.25) is 14.4 Å². The Balaban J connectivity index is 1.10. The van der Waals surface area contributed by atoms with Crippen molar-refractivity contribution in [3.8, 4) is 5.75 Å². The average Bonchev–Trinajstić information content (AvgIpc) is 3.63. The van der Waals surface area contributed by atoms with Gasteiger partial charge < -0.3 is 25.4 Å². The van der Waals surface area contributed by atoms with E-state index in [2.05, 4.69) is 16.0 Å². The molecule has 7 rings (SSSR count). The largest absolute Gasteiger partial charge is 0.489 e. The monoisotopic (exact) mass is 807 g/mol. The van der Waals surface area contributed by atoms with Crippen LogP contribution in [0.4, 0.5) is 10.7 Å². The van der Waals surface area contributed by atoms with Crippen LogP contribution in [0.3, 0.4) is 0 Å². The Labute approximate surface area is 345 Å². The summed E-state index contributed by atoms with van der Waals surface area (Å²) in [4.78, 5) is 56.1. The highest BCUT2D eigenvalue weighted by Crippen LogP contribution is 2.41. The molecule has 0 fully saturated rings. The highest BCUT2D eigenvalue weighted by molar-refractivity contribution is 8.00. The second-order valence-corrected chi connectivity index (χ2v) is 15.8. The van der Waals surface area contributed by atoms with Crippen LogP contribution in [-0.4, -0.2) is 30.8 Å². The van der Waals surface area contributed by atoms with E-state index in [0.29, 0.717) is 44.6 Å². The topological polar surface area (TPSA) is 123 Å². The van der Waals surface area contributed by atoms with Gasteiger partial charge in [0.25, 0.3) is 11.8 Å². The predicted molar refractivity (Wildman–Crippen MR) is 230 cm³/mol. The Bertz CT molecular complexity index is 2420. The van der Waals surface area contributed by atoms with Crippen molar-refractivity contribution in [3.05, 3.63) is 183 Å². The van der Waals surface area contributed by atoms with E-state index in [0.717, 1.165) is 47.3 Å². The second-order valence-electron chi connectivity index (χ2n) is 13.5. The first-order chi connectivity index (χ1) is 28.3. The number of benzene rings is 5. The van der Waals surface area contributed by atoms with E-state index in [1.807, 2.05) is 97.1 Å². The van der Waals surface area contributed by atoms with E-state index in [-0.39, 0.29) is 11.6 Å². The molecule has 6 aromatic rings. The summed E-state index contributed by atoms with van der Waals surface area (Å²) >= 11 is 2.76. The molecule has 11 heteroatoms. The number of fused-ring (bicyclic) bond motifs is 1. The molecule has 0 bridgehead atoms. The molecule has 292 valence electrons. The lowest BCUT2D eigenvalue weighted by atomic mass is 9.95. The van der Waals surface area contributed by atoms with Crippen molar-refractivity contribution in [2.24, 2.45) is 0 Å². The Morgan fingerprint density at radius 2 is 1.47 bits per heavy atom. The smallest absolute Gasteiger partial charge is 0.341 e. The number of carbonyl (C=O) groups excluding carboxylic acids is 4. The molecule has 0 spiro atoms. The highest BCUT2D eigenvalue weighted by Gasteiger charge is 2.30. The minimum absolute atomic E-state index is 0.0338. The molecule has 0 radical (unpaired) electrons. The molecule has 9 nitrogen and oxygen atoms in total. The van der Waals surface area contributed by atoms with Crippen LogP contribution in [0.2, 0.25) is 0 Å². The standard InChI is InChI=1S/C47H41N3O6S2/c1-55-47(54)41-38-22-11-12-23-40(38)58-46(41)50-45(53)42(33-16-7-3-8-17-33)57-37-21-13-20-35(29-37)48-44(52)39(49-43(51)34-18-9-4-10-19-34)28-31-24-26-36(27-25-31)56-30-32-14-5-2-6-15-32/h2-10,13-21,24-29,42H,11-12,22-23,30H2,1H3,(H,48,52)(H,49,51)(H,50,53)/b39-28-. The zero-order valence-electron chi connectivity index (χ0n) is 31.7. The molecule has 0 saturated heterocycles. The summed E-state index contributed by atoms with van der Waals surface area (Å²) in [5.41, 5.74) is 4.78. The fourth-order valence-corrected chi connectivity index (χ4v) is 8.91. The lowest BCUT2D eigenvalue weighted by Gasteiger charge is -2.18. The number of thiophene rings is 1. The molecule has 1 heterocycles. The van der Waals surface area contributed by atoms with E-state index < -0.39 is 23.0 Å². The zero-order valence-corrected chi connectivity index (χ0v) is 33.4. The second kappa shape index (κ2) is 19.1. The number of methoxy groups -OCH3 is 1. The fraction of sp³-hybridized carbons (Fsp3) is 0.149. The van der Waals surface area contributed by atoms with Gasteiger partial charge in [0, 0.05) is 21.0 Å². The van der Waals surface area contributed by atoms with Gasteiger partial charge in [-0.25, -0.2) is 4.79 Å². The van der Waals surface area contributed by atoms with Gasteiger partial charge in [0.05, 0.1) is 12.7 Å². The van der Waals surface area contributed by atoms with Crippen LogP contribution in [-0.2, 0) is 33.8 Å². The molecule has 1 aromatic heterocycles. The third-order valence-electron chi connectivity index (χ3n) is 9.45. The Morgan fingerprint density at radius 3 is 2.19 bits per heavy atom. The lowest BCUT2D eigenvalue weighted by Crippen LogP contribution is -2.30. The molecular formula is C47H41N3O6S2. The predicted octanol–water partition coefficient (Wildman–Crippen LogP) is 9.87. The van der Waals surface area contributed by atoms with Crippen molar-refractivity contribution < 1.29 is 28.7 Å². The van der Waals surface area contributed by atoms with Crippen molar-refractivity contribution in [3.63, 3.8) is 0 Å². The van der Waals surface area contributed by atoms with Crippen molar-refractivity contribution in [1.29, 1.82) is 0 Å². The molecule has 1 aliphatic rings. The van der Waals surface area contributed by atoms with Gasteiger partial charge in [-0.15, -0.1) is 23.1 Å². The van der Waals surface area contributed by atoms with E-state index in [1.54, 1.807) is 48.5 Å². The first-order valence-corrected chi connectivity index (χ1v) is 20.6. The van der Waals surface area contributed by atoms with Crippen LogP contribution in [0, 0.1) is 0 Å². The van der Waals surface area contributed by atoms with Gasteiger partial charge in [0.1, 0.15) is 28.3 Å². The normalized spacial score (nSPS) is 12.7. The van der Waals surface area contributed by atoms with Crippen molar-refractivity contribution in [2.75, 3.05) is 17.7 Å². The number of aryl methyl sites for hydroxylation is 1. The van der Waals surface area contributed by atoms with Crippen LogP contribution >= 0.6 is 23.1 Å². The van der Waals surface area contributed by atoms with Crippen LogP contribution in [0.15, 0.2) is 150 Å². The van der Waals surface area contributed by atoms with Crippen molar-refractivity contribution >= 4 is 63.6 Å². The number of esters is 1. The van der Waals surface area contributed by atoms with Gasteiger partial charge >= 0.3 is 5.97 Å². The minimum atomic E-state index is -0.697. The molecule has 3 N–H and O–H groups in total. The fourth-order valence-electron chi connectivity index (χ4n) is 6.54. The van der Waals surface area contributed by atoms with Gasteiger partial charge in [-0.05, 0) is 96.5 Å². The molecule has 1 aliphatic carbocycles. The number of ether oxygens (including phenoxy) is 2. The number of carbonyl (C=O) groups is 4. The molecule has 0 aliphatic heterocycles. The minimum Gasteiger partial charge on any atom is -0.489 e. The highest BCUT2D eigenvalue weighted by atomic mass is 32.2. The van der Waals surface area contributed by atoms with Crippen LogP contribution in [0.25, 0.3) is 6.08 Å². The number of amides is 3. The van der Waals surface area contributed by atoms with Crippen LogP contribution in [0.1, 0.15) is 65.9 Å². The Kier molecular flexibility index (Phi) is 13.1. The summed E-state index contributed by atoms with van der Waals surface area (Å²) < 4.78 is 11.1. The number of anilines is 2. The quantitative estimate of drug-likeness (QED) is 0.0569. The average molecular weight is 808 g/mol. The SMILES string of the molecule is COC(=O)c1c(NC(=O)C(Sc2cccc(NC(=O)/C(=C/c3ccc(OCc4ccccc4)cc3)NC(=O)c3ccccc3)c2)c2ccccc2)sc2c1CCCC2. The van der Waals surface area contributed by atoms with Gasteiger partial charge in [-0.2, -0.15) is 0 Å². The third-order valence-corrected chi connectivity index (χ3v) is 11.9. The van der Waals surface area contributed by atoms with Gasteiger partial charge in [0.15, 0.2) is 0 Å². The van der Waals surface area contributed by atoms with Crippen molar-refractivity contribution in [2.45, 2.75) is 42.4 Å². The molecule has 3 amide bonds. The maximum atomic E-state index is 14.2. The summed E-state index contributed by atoms with van der Waals surface area (Å²) in [6, 6.07) is 42.4. The van der Waals surface area contributed by atoms with E-state index in [4.69, 9.17) is 9.47 Å². The maximum Gasteiger partial charge on any atom is 0.341 e. The summed E-state index contributed by atoms with van der Waals surface area (Å²) in [6.45, 7) is 0.414. The summed E-state index contributed by atoms with van der Waals surface area (Å²) in [7, 11) is 1.35.